The van der Waals surface area contributed by atoms with Crippen LogP contribution in [0.15, 0.2) is 41.8 Å². The molecule has 0 unspecified atom stereocenters. The van der Waals surface area contributed by atoms with Crippen LogP contribution in [0.3, 0.4) is 0 Å². The third-order valence-corrected chi connectivity index (χ3v) is 2.94. The Morgan fingerprint density at radius 1 is 1.40 bits per heavy atom. The molecule has 8 heteroatoms. The minimum atomic E-state index is -1.18. The van der Waals surface area contributed by atoms with E-state index in [0.29, 0.717) is 5.02 Å². The second kappa shape index (κ2) is 7.66. The van der Waals surface area contributed by atoms with E-state index in [0.717, 1.165) is 0 Å². The van der Waals surface area contributed by atoms with Gasteiger partial charge in [-0.3, -0.25) is 10.2 Å². The second-order valence-electron chi connectivity index (χ2n) is 3.52. The summed E-state index contributed by atoms with van der Waals surface area (Å²) in [4.78, 5) is 22.5. The first-order valence-electron chi connectivity index (χ1n) is 5.32. The average molecular weight is 361 g/mol. The third-order valence-electron chi connectivity index (χ3n) is 2.08. The number of hydrogen-bond acceptors (Lipinski definition) is 4. The van der Waals surface area contributed by atoms with Crippen LogP contribution in [0.1, 0.15) is 10.4 Å². The highest BCUT2D eigenvalue weighted by Gasteiger charge is 2.11. The second-order valence-corrected chi connectivity index (χ2v) is 4.49. The highest BCUT2D eigenvalue weighted by atomic mass is 79.9. The smallest absolute Gasteiger partial charge is 0.352 e. The van der Waals surface area contributed by atoms with Crippen molar-refractivity contribution in [1.29, 1.82) is 0 Å². The molecule has 0 bridgehead atoms. The van der Waals surface area contributed by atoms with Gasteiger partial charge in [0.15, 0.2) is 5.71 Å². The SMILES string of the molecule is C=C(N/N=C(\CBr)C(=O)O)NC(=O)c1ccccc1Cl. The number of amides is 1. The molecule has 3 N–H and O–H groups in total. The monoisotopic (exact) mass is 359 g/mol. The van der Waals surface area contributed by atoms with Crippen molar-refractivity contribution >= 4 is 45.1 Å². The molecule has 20 heavy (non-hydrogen) atoms. The summed E-state index contributed by atoms with van der Waals surface area (Å²) in [6.45, 7) is 3.51. The lowest BCUT2D eigenvalue weighted by atomic mass is 10.2. The number of hydrogen-bond donors (Lipinski definition) is 3. The van der Waals surface area contributed by atoms with Crippen LogP contribution in [0.4, 0.5) is 0 Å². The number of carbonyl (C=O) groups is 2. The van der Waals surface area contributed by atoms with Gasteiger partial charge in [0.1, 0.15) is 5.82 Å². The summed E-state index contributed by atoms with van der Waals surface area (Å²) in [6, 6.07) is 6.50. The molecule has 1 amide bonds. The van der Waals surface area contributed by atoms with Gasteiger partial charge in [-0.05, 0) is 12.1 Å². The van der Waals surface area contributed by atoms with E-state index in [9.17, 15) is 9.59 Å². The van der Waals surface area contributed by atoms with Crippen molar-refractivity contribution in [1.82, 2.24) is 10.7 Å². The van der Waals surface area contributed by atoms with Crippen molar-refractivity contribution in [2.24, 2.45) is 5.10 Å². The number of alkyl halides is 1. The number of carbonyl (C=O) groups excluding carboxylic acids is 1. The molecule has 0 spiro atoms. The fraction of sp³-hybridized carbons (Fsp3) is 0.0833. The van der Waals surface area contributed by atoms with Crippen molar-refractivity contribution in [3.05, 3.63) is 47.3 Å². The van der Waals surface area contributed by atoms with Gasteiger partial charge in [0.05, 0.1) is 15.9 Å². The minimum absolute atomic E-state index is 0.0367. The van der Waals surface area contributed by atoms with Crippen LogP contribution >= 0.6 is 27.5 Å². The number of benzene rings is 1. The van der Waals surface area contributed by atoms with Gasteiger partial charge in [-0.15, -0.1) is 0 Å². The zero-order valence-corrected chi connectivity index (χ0v) is 12.5. The number of carboxylic acid groups (broad SMARTS) is 1. The molecule has 0 fully saturated rings. The molecule has 0 aliphatic heterocycles. The van der Waals surface area contributed by atoms with Crippen LogP contribution in [-0.4, -0.2) is 28.0 Å². The molecule has 0 heterocycles. The molecule has 0 radical (unpaired) electrons. The lowest BCUT2D eigenvalue weighted by Gasteiger charge is -2.09. The summed E-state index contributed by atoms with van der Waals surface area (Å²) < 4.78 is 0. The molecule has 0 aliphatic rings. The normalized spacial score (nSPS) is 10.8. The number of carboxylic acids is 1. The predicted octanol–water partition coefficient (Wildman–Crippen LogP) is 1.97. The number of aliphatic carboxylic acids is 1. The van der Waals surface area contributed by atoms with Crippen LogP contribution < -0.4 is 10.7 Å². The molecule has 0 aliphatic carbocycles. The number of hydrazone groups is 1. The molecule has 6 nitrogen and oxygen atoms in total. The van der Waals surface area contributed by atoms with Gasteiger partial charge in [-0.1, -0.05) is 46.2 Å². The van der Waals surface area contributed by atoms with Crippen LogP contribution in [0.25, 0.3) is 0 Å². The van der Waals surface area contributed by atoms with E-state index in [1.807, 2.05) is 0 Å². The molecular formula is C12H11BrClN3O3. The first kappa shape index (κ1) is 16.2. The molecule has 1 rings (SSSR count). The van der Waals surface area contributed by atoms with Crippen molar-refractivity contribution in [3.63, 3.8) is 0 Å². The van der Waals surface area contributed by atoms with E-state index < -0.39 is 11.9 Å². The molecule has 1 aromatic carbocycles. The standard InChI is InChI=1S/C12H11BrClN3O3/c1-7(16-17-10(6-13)12(19)20)15-11(18)8-4-2-3-5-9(8)14/h2-5,16H,1,6H2,(H,15,18)(H,19,20)/b17-10+. The Morgan fingerprint density at radius 3 is 2.60 bits per heavy atom. The maximum atomic E-state index is 11.9. The molecular weight excluding hydrogens is 350 g/mol. The third kappa shape index (κ3) is 4.67. The maximum Gasteiger partial charge on any atom is 0.352 e. The van der Waals surface area contributed by atoms with Crippen LogP contribution in [-0.2, 0) is 4.79 Å². The highest BCUT2D eigenvalue weighted by molar-refractivity contribution is 9.09. The van der Waals surface area contributed by atoms with E-state index in [1.165, 1.54) is 0 Å². The van der Waals surface area contributed by atoms with E-state index in [-0.39, 0.29) is 22.4 Å². The molecule has 1 aromatic rings. The fourth-order valence-corrected chi connectivity index (χ4v) is 1.73. The predicted molar refractivity (Wildman–Crippen MR) is 80.1 cm³/mol. The van der Waals surface area contributed by atoms with Crippen LogP contribution in [0, 0.1) is 0 Å². The maximum absolute atomic E-state index is 11.9. The lowest BCUT2D eigenvalue weighted by Crippen LogP contribution is -2.30. The Morgan fingerprint density at radius 2 is 2.05 bits per heavy atom. The Kier molecular flexibility index (Phi) is 6.20. The summed E-state index contributed by atoms with van der Waals surface area (Å²) >= 11 is 8.85. The quantitative estimate of drug-likeness (QED) is 0.411. The molecule has 0 atom stereocenters. The Hall–Kier alpha value is -1.86. The summed E-state index contributed by atoms with van der Waals surface area (Å²) in [7, 11) is 0. The van der Waals surface area contributed by atoms with E-state index in [2.05, 4.69) is 38.4 Å². The van der Waals surface area contributed by atoms with Gasteiger partial charge in [-0.25, -0.2) is 4.79 Å². The summed E-state index contributed by atoms with van der Waals surface area (Å²) in [5.41, 5.74) is 2.47. The van der Waals surface area contributed by atoms with Gasteiger partial charge in [0.2, 0.25) is 0 Å². The average Bonchev–Trinajstić information content (AvgIpc) is 2.39. The highest BCUT2D eigenvalue weighted by Crippen LogP contribution is 2.14. The van der Waals surface area contributed by atoms with Crippen molar-refractivity contribution in [2.45, 2.75) is 0 Å². The summed E-state index contributed by atoms with van der Waals surface area (Å²) in [5, 5.41) is 15.1. The molecule has 0 saturated heterocycles. The first-order chi connectivity index (χ1) is 9.45. The zero-order chi connectivity index (χ0) is 15.1. The van der Waals surface area contributed by atoms with Crippen molar-refractivity contribution < 1.29 is 14.7 Å². The molecule has 0 saturated carbocycles. The number of halogens is 2. The van der Waals surface area contributed by atoms with Gasteiger partial charge >= 0.3 is 5.97 Å². The first-order valence-corrected chi connectivity index (χ1v) is 6.82. The van der Waals surface area contributed by atoms with Crippen molar-refractivity contribution in [3.8, 4) is 0 Å². The van der Waals surface area contributed by atoms with E-state index in [4.69, 9.17) is 16.7 Å². The van der Waals surface area contributed by atoms with Gasteiger partial charge in [-0.2, -0.15) is 5.10 Å². The number of nitrogens with one attached hydrogen (secondary N) is 2. The van der Waals surface area contributed by atoms with Crippen LogP contribution in [0.5, 0.6) is 0 Å². The van der Waals surface area contributed by atoms with Gasteiger partial charge in [0, 0.05) is 0 Å². The number of nitrogens with zero attached hydrogens (tertiary/aromatic N) is 1. The number of rotatable bonds is 6. The Balaban J connectivity index is 2.66. The molecule has 0 aromatic heterocycles. The van der Waals surface area contributed by atoms with E-state index in [1.54, 1.807) is 24.3 Å². The largest absolute Gasteiger partial charge is 0.477 e. The summed E-state index contributed by atoms with van der Waals surface area (Å²) in [6.07, 6.45) is 0. The topological polar surface area (TPSA) is 90.8 Å². The van der Waals surface area contributed by atoms with Gasteiger partial charge < -0.3 is 10.4 Å². The lowest BCUT2D eigenvalue weighted by molar-refractivity contribution is -0.129. The van der Waals surface area contributed by atoms with Crippen LogP contribution in [0.2, 0.25) is 5.02 Å². The summed E-state index contributed by atoms with van der Waals surface area (Å²) in [5.74, 6) is -1.62. The minimum Gasteiger partial charge on any atom is -0.477 e. The zero-order valence-electron chi connectivity index (χ0n) is 10.2. The Labute approximate surface area is 128 Å². The fourth-order valence-electron chi connectivity index (χ4n) is 1.15. The van der Waals surface area contributed by atoms with E-state index >= 15 is 0 Å². The van der Waals surface area contributed by atoms with Gasteiger partial charge in [0.25, 0.3) is 5.91 Å². The Bertz CT molecular complexity index is 575. The molecule has 106 valence electrons. The van der Waals surface area contributed by atoms with Crippen molar-refractivity contribution in [2.75, 3.05) is 5.33 Å².